The number of nitrogens with one attached hydrogen (secondary N) is 2. The summed E-state index contributed by atoms with van der Waals surface area (Å²) < 4.78 is 10.7. The van der Waals surface area contributed by atoms with Crippen molar-refractivity contribution < 1.29 is 9.00 Å². The van der Waals surface area contributed by atoms with Crippen molar-refractivity contribution in [3.8, 4) is 0 Å². The average molecular weight is 192 g/mol. The fraction of sp³-hybridized carbons (Fsp3) is 0.857. The second kappa shape index (κ2) is 5.99. The van der Waals surface area contributed by atoms with Gasteiger partial charge in [-0.3, -0.25) is 4.21 Å². The lowest BCUT2D eigenvalue weighted by molar-refractivity contribution is 0.239. The second-order valence-corrected chi connectivity index (χ2v) is 4.25. The van der Waals surface area contributed by atoms with Crippen LogP contribution < -0.4 is 10.6 Å². The zero-order valence-electron chi connectivity index (χ0n) is 7.72. The van der Waals surface area contributed by atoms with Gasteiger partial charge in [-0.25, -0.2) is 4.79 Å². The highest BCUT2D eigenvalue weighted by Crippen LogP contribution is 1.91. The number of urea groups is 1. The van der Waals surface area contributed by atoms with Gasteiger partial charge in [-0.2, -0.15) is 0 Å². The van der Waals surface area contributed by atoms with Crippen LogP contribution in [0.15, 0.2) is 0 Å². The van der Waals surface area contributed by atoms with Crippen LogP contribution in [0.3, 0.4) is 0 Å². The first-order chi connectivity index (χ1) is 5.56. The lowest BCUT2D eigenvalue weighted by Crippen LogP contribution is -2.39. The van der Waals surface area contributed by atoms with Crippen LogP contribution in [0.25, 0.3) is 0 Å². The Morgan fingerprint density at radius 2 is 2.17 bits per heavy atom. The van der Waals surface area contributed by atoms with Crippen molar-refractivity contribution in [2.45, 2.75) is 19.4 Å². The van der Waals surface area contributed by atoms with E-state index in [1.54, 1.807) is 13.3 Å². The molecule has 0 saturated carbocycles. The monoisotopic (exact) mass is 192 g/mol. The molecule has 12 heavy (non-hydrogen) atoms. The SMILES string of the molecule is CNC(=O)NC(C)CCS(C)=O. The largest absolute Gasteiger partial charge is 0.341 e. The predicted octanol–water partition coefficient (Wildman–Crippen LogP) is 0.0725. The molecule has 0 aromatic heterocycles. The fourth-order valence-electron chi connectivity index (χ4n) is 0.711. The molecule has 72 valence electrons. The Morgan fingerprint density at radius 3 is 2.58 bits per heavy atom. The number of carbonyl (C=O) groups is 1. The Hall–Kier alpha value is -0.580. The molecule has 0 aromatic carbocycles. The molecule has 2 atom stereocenters. The van der Waals surface area contributed by atoms with Gasteiger partial charge in [-0.15, -0.1) is 0 Å². The van der Waals surface area contributed by atoms with Gasteiger partial charge in [0.2, 0.25) is 0 Å². The molecule has 0 bridgehead atoms. The standard InChI is InChI=1S/C7H16N2O2S/c1-6(4-5-12(3)11)9-7(10)8-2/h6H,4-5H2,1-3H3,(H2,8,9,10). The third-order valence-corrected chi connectivity index (χ3v) is 2.25. The topological polar surface area (TPSA) is 58.2 Å². The Labute approximate surface area is 75.6 Å². The molecule has 0 saturated heterocycles. The molecule has 0 radical (unpaired) electrons. The third-order valence-electron chi connectivity index (χ3n) is 1.44. The second-order valence-electron chi connectivity index (χ2n) is 2.69. The normalized spacial score (nSPS) is 14.9. The minimum Gasteiger partial charge on any atom is -0.341 e. The number of amides is 2. The molecule has 0 aliphatic heterocycles. The van der Waals surface area contributed by atoms with Gasteiger partial charge in [0, 0.05) is 35.9 Å². The molecule has 2 N–H and O–H groups in total. The number of hydrogen-bond acceptors (Lipinski definition) is 2. The third kappa shape index (κ3) is 6.15. The highest BCUT2D eigenvalue weighted by atomic mass is 32.2. The highest BCUT2D eigenvalue weighted by molar-refractivity contribution is 7.84. The van der Waals surface area contributed by atoms with Crippen LogP contribution in [-0.4, -0.2) is 35.3 Å². The zero-order chi connectivity index (χ0) is 9.56. The number of rotatable bonds is 4. The molecule has 0 aliphatic carbocycles. The van der Waals surface area contributed by atoms with Gasteiger partial charge in [0.15, 0.2) is 0 Å². The summed E-state index contributed by atoms with van der Waals surface area (Å²) in [5.74, 6) is 0.630. The maximum Gasteiger partial charge on any atom is 0.314 e. The van der Waals surface area contributed by atoms with Gasteiger partial charge < -0.3 is 10.6 Å². The summed E-state index contributed by atoms with van der Waals surface area (Å²) in [7, 11) is 0.795. The quantitative estimate of drug-likeness (QED) is 0.662. The molecule has 5 heteroatoms. The van der Waals surface area contributed by atoms with E-state index >= 15 is 0 Å². The van der Waals surface area contributed by atoms with Gasteiger partial charge >= 0.3 is 6.03 Å². The lowest BCUT2D eigenvalue weighted by atomic mass is 10.3. The molecule has 0 spiro atoms. The van der Waals surface area contributed by atoms with Crippen LogP contribution in [-0.2, 0) is 10.8 Å². The predicted molar refractivity (Wildman–Crippen MR) is 50.6 cm³/mol. The summed E-state index contributed by atoms with van der Waals surface area (Å²) in [6.07, 6.45) is 2.41. The number of carbonyl (C=O) groups excluding carboxylic acids is 1. The summed E-state index contributed by atoms with van der Waals surface area (Å²) in [4.78, 5) is 10.8. The van der Waals surface area contributed by atoms with E-state index in [1.165, 1.54) is 0 Å². The van der Waals surface area contributed by atoms with E-state index in [2.05, 4.69) is 10.6 Å². The van der Waals surface area contributed by atoms with Crippen LogP contribution in [0, 0.1) is 0 Å². The van der Waals surface area contributed by atoms with E-state index in [0.717, 1.165) is 6.42 Å². The van der Waals surface area contributed by atoms with Crippen LogP contribution in [0.4, 0.5) is 4.79 Å². The summed E-state index contributed by atoms with van der Waals surface area (Å²) in [6, 6.07) is -0.113. The van der Waals surface area contributed by atoms with Gasteiger partial charge in [-0.1, -0.05) is 0 Å². The van der Waals surface area contributed by atoms with E-state index < -0.39 is 10.8 Å². The van der Waals surface area contributed by atoms with E-state index in [0.29, 0.717) is 5.75 Å². The zero-order valence-corrected chi connectivity index (χ0v) is 8.53. The molecular weight excluding hydrogens is 176 g/mol. The number of hydrogen-bond donors (Lipinski definition) is 2. The van der Waals surface area contributed by atoms with Gasteiger partial charge in [0.25, 0.3) is 0 Å². The molecule has 2 amide bonds. The highest BCUT2D eigenvalue weighted by Gasteiger charge is 2.05. The molecule has 0 fully saturated rings. The molecule has 4 nitrogen and oxygen atoms in total. The van der Waals surface area contributed by atoms with Gasteiger partial charge in [0.05, 0.1) is 0 Å². The molecule has 0 heterocycles. The van der Waals surface area contributed by atoms with Crippen molar-refractivity contribution in [2.24, 2.45) is 0 Å². The van der Waals surface area contributed by atoms with E-state index in [1.807, 2.05) is 6.92 Å². The first-order valence-electron chi connectivity index (χ1n) is 3.84. The molecular formula is C7H16N2O2S. The summed E-state index contributed by atoms with van der Waals surface area (Å²) >= 11 is 0. The summed E-state index contributed by atoms with van der Waals surface area (Å²) in [6.45, 7) is 1.89. The summed E-state index contributed by atoms with van der Waals surface area (Å²) in [5.41, 5.74) is 0. The first kappa shape index (κ1) is 11.4. The Balaban J connectivity index is 3.52. The molecule has 0 aliphatic rings. The Kier molecular flexibility index (Phi) is 5.70. The summed E-state index contributed by atoms with van der Waals surface area (Å²) in [5, 5.41) is 5.16. The molecule has 0 aromatic rings. The lowest BCUT2D eigenvalue weighted by Gasteiger charge is -2.11. The van der Waals surface area contributed by atoms with Gasteiger partial charge in [-0.05, 0) is 13.3 Å². The van der Waals surface area contributed by atoms with E-state index in [4.69, 9.17) is 0 Å². The van der Waals surface area contributed by atoms with E-state index in [-0.39, 0.29) is 12.1 Å². The fourth-order valence-corrected chi connectivity index (χ4v) is 1.40. The minimum absolute atomic E-state index is 0.0776. The Bertz CT molecular complexity index is 173. The van der Waals surface area contributed by atoms with Crippen LogP contribution in [0.1, 0.15) is 13.3 Å². The minimum atomic E-state index is -0.775. The smallest absolute Gasteiger partial charge is 0.314 e. The Morgan fingerprint density at radius 1 is 1.58 bits per heavy atom. The van der Waals surface area contributed by atoms with Crippen molar-refractivity contribution in [3.63, 3.8) is 0 Å². The van der Waals surface area contributed by atoms with Crippen molar-refractivity contribution >= 4 is 16.8 Å². The van der Waals surface area contributed by atoms with Crippen LogP contribution in [0.5, 0.6) is 0 Å². The van der Waals surface area contributed by atoms with Crippen molar-refractivity contribution in [1.82, 2.24) is 10.6 Å². The van der Waals surface area contributed by atoms with Crippen molar-refractivity contribution in [3.05, 3.63) is 0 Å². The molecule has 0 rings (SSSR count). The maximum absolute atomic E-state index is 10.8. The van der Waals surface area contributed by atoms with Crippen LogP contribution in [0.2, 0.25) is 0 Å². The molecule has 2 unspecified atom stereocenters. The van der Waals surface area contributed by atoms with Crippen LogP contribution >= 0.6 is 0 Å². The first-order valence-corrected chi connectivity index (χ1v) is 5.57. The van der Waals surface area contributed by atoms with Gasteiger partial charge in [0.1, 0.15) is 0 Å². The average Bonchev–Trinajstić information content (AvgIpc) is 2.00. The maximum atomic E-state index is 10.8. The van der Waals surface area contributed by atoms with E-state index in [9.17, 15) is 9.00 Å². The van der Waals surface area contributed by atoms with Crippen molar-refractivity contribution in [1.29, 1.82) is 0 Å². The van der Waals surface area contributed by atoms with Crippen molar-refractivity contribution in [2.75, 3.05) is 19.1 Å².